The molecule has 2 atom stereocenters. The number of benzene rings is 1. The van der Waals surface area contributed by atoms with Crippen LogP contribution in [0.2, 0.25) is 10.0 Å². The van der Waals surface area contributed by atoms with Crippen LogP contribution in [-0.2, 0) is 16.1 Å². The smallest absolute Gasteiger partial charge is 0.228 e. The topological polar surface area (TPSA) is 49.4 Å². The van der Waals surface area contributed by atoms with Crippen molar-refractivity contribution in [2.24, 2.45) is 17.3 Å². The summed E-state index contributed by atoms with van der Waals surface area (Å²) in [5.74, 6) is 1.28. The summed E-state index contributed by atoms with van der Waals surface area (Å²) in [7, 11) is 1.86. The normalized spacial score (nSPS) is 33.8. The van der Waals surface area contributed by atoms with Gasteiger partial charge in [-0.3, -0.25) is 9.59 Å². The summed E-state index contributed by atoms with van der Waals surface area (Å²) in [5.41, 5.74) is 0.364. The number of rotatable bonds is 4. The number of amides is 2. The van der Waals surface area contributed by atoms with Crippen molar-refractivity contribution in [2.75, 3.05) is 7.05 Å². The molecule has 0 unspecified atom stereocenters. The molecule has 4 fully saturated rings. The first-order valence-corrected chi connectivity index (χ1v) is 10.4. The first-order valence-electron chi connectivity index (χ1n) is 9.69. The van der Waals surface area contributed by atoms with Crippen molar-refractivity contribution in [1.29, 1.82) is 0 Å². The molecule has 27 heavy (non-hydrogen) atoms. The lowest BCUT2D eigenvalue weighted by Crippen LogP contribution is -2.65. The first kappa shape index (κ1) is 19.1. The van der Waals surface area contributed by atoms with Crippen LogP contribution in [0.4, 0.5) is 0 Å². The third kappa shape index (κ3) is 3.47. The van der Waals surface area contributed by atoms with E-state index in [1.807, 2.05) is 18.0 Å². The average Bonchev–Trinajstić information content (AvgIpc) is 2.54. The predicted molar refractivity (Wildman–Crippen MR) is 107 cm³/mol. The van der Waals surface area contributed by atoms with Gasteiger partial charge in [0.15, 0.2) is 0 Å². The van der Waals surface area contributed by atoms with Gasteiger partial charge in [-0.1, -0.05) is 29.3 Å². The van der Waals surface area contributed by atoms with Gasteiger partial charge in [-0.05, 0) is 68.1 Å². The summed E-state index contributed by atoms with van der Waals surface area (Å²) in [5, 5.41) is 4.40. The minimum Gasteiger partial charge on any atom is -0.351 e. The third-order valence-corrected chi connectivity index (χ3v) is 7.31. The molecule has 0 radical (unpaired) electrons. The summed E-state index contributed by atoms with van der Waals surface area (Å²) >= 11 is 12.3. The number of nitrogens with one attached hydrogen (secondary N) is 1. The summed E-state index contributed by atoms with van der Waals surface area (Å²) in [4.78, 5) is 27.2. The molecule has 0 aliphatic heterocycles. The Morgan fingerprint density at radius 3 is 2.44 bits per heavy atom. The second-order valence-electron chi connectivity index (χ2n) is 9.10. The Balaban J connectivity index is 1.56. The van der Waals surface area contributed by atoms with Gasteiger partial charge in [0.1, 0.15) is 0 Å². The quantitative estimate of drug-likeness (QED) is 0.800. The number of hydrogen-bond acceptors (Lipinski definition) is 2. The van der Waals surface area contributed by atoms with E-state index in [1.54, 1.807) is 19.1 Å². The minimum absolute atomic E-state index is 0.0147. The molecule has 4 saturated carbocycles. The van der Waals surface area contributed by atoms with Crippen molar-refractivity contribution >= 4 is 35.0 Å². The molecule has 1 aromatic rings. The molecular weight excluding hydrogens is 383 g/mol. The van der Waals surface area contributed by atoms with E-state index in [-0.39, 0.29) is 22.8 Å². The number of hydrogen-bond donors (Lipinski definition) is 1. The van der Waals surface area contributed by atoms with Crippen LogP contribution in [0.3, 0.4) is 0 Å². The highest BCUT2D eigenvalue weighted by Gasteiger charge is 2.61. The highest BCUT2D eigenvalue weighted by molar-refractivity contribution is 6.35. The fourth-order valence-electron chi connectivity index (χ4n) is 6.41. The second-order valence-corrected chi connectivity index (χ2v) is 9.94. The Labute approximate surface area is 170 Å². The van der Waals surface area contributed by atoms with E-state index in [4.69, 9.17) is 23.2 Å². The predicted octanol–water partition coefficient (Wildman–Crippen LogP) is 4.43. The lowest BCUT2D eigenvalue weighted by atomic mass is 9.46. The van der Waals surface area contributed by atoms with Gasteiger partial charge in [0.05, 0.1) is 5.41 Å². The van der Waals surface area contributed by atoms with Gasteiger partial charge in [0, 0.05) is 36.1 Å². The molecule has 1 N–H and O–H groups in total. The molecule has 146 valence electrons. The molecule has 1 aromatic carbocycles. The Bertz CT molecular complexity index is 780. The van der Waals surface area contributed by atoms with E-state index in [2.05, 4.69) is 5.32 Å². The number of carbonyl (C=O) groups is 2. The lowest BCUT2D eigenvalue weighted by molar-refractivity contribution is -0.162. The van der Waals surface area contributed by atoms with Gasteiger partial charge in [0.2, 0.25) is 11.8 Å². The molecule has 4 aliphatic carbocycles. The monoisotopic (exact) mass is 408 g/mol. The van der Waals surface area contributed by atoms with Gasteiger partial charge in [-0.15, -0.1) is 0 Å². The maximum Gasteiger partial charge on any atom is 0.228 e. The zero-order chi connectivity index (χ0) is 19.4. The van der Waals surface area contributed by atoms with Crippen molar-refractivity contribution in [3.63, 3.8) is 0 Å². The van der Waals surface area contributed by atoms with Gasteiger partial charge < -0.3 is 10.2 Å². The fraction of sp³-hybridized carbons (Fsp3) is 0.619. The van der Waals surface area contributed by atoms with Crippen LogP contribution in [0, 0.1) is 17.3 Å². The highest BCUT2D eigenvalue weighted by atomic mass is 35.5. The Hall–Kier alpha value is -1.26. The van der Waals surface area contributed by atoms with Crippen LogP contribution in [0.15, 0.2) is 18.2 Å². The summed E-state index contributed by atoms with van der Waals surface area (Å²) in [6.07, 6.45) is 5.90. The standard InChI is InChI=1S/C21H26Cl2N2O2/c1-13(26)24-21-9-14-5-15(10-21)8-20(7-14,12-21)19(27)25(2)11-16-3-4-17(22)6-18(16)23/h3-4,6,14-15H,5,7-12H2,1-2H3,(H,24,26)/t14-,15-,20?,21?/m1/s1. The van der Waals surface area contributed by atoms with E-state index in [9.17, 15) is 9.59 Å². The van der Waals surface area contributed by atoms with E-state index in [1.165, 1.54) is 6.42 Å². The summed E-state index contributed by atoms with van der Waals surface area (Å²) < 4.78 is 0. The molecule has 6 heteroatoms. The van der Waals surface area contributed by atoms with Crippen molar-refractivity contribution < 1.29 is 9.59 Å². The molecule has 0 heterocycles. The molecule has 0 spiro atoms. The van der Waals surface area contributed by atoms with Crippen LogP contribution in [0.25, 0.3) is 0 Å². The minimum atomic E-state index is -0.347. The van der Waals surface area contributed by atoms with Gasteiger partial charge in [-0.25, -0.2) is 0 Å². The van der Waals surface area contributed by atoms with E-state index in [0.717, 1.165) is 37.7 Å². The van der Waals surface area contributed by atoms with Crippen LogP contribution in [-0.4, -0.2) is 29.3 Å². The van der Waals surface area contributed by atoms with E-state index < -0.39 is 0 Å². The second kappa shape index (κ2) is 6.66. The summed E-state index contributed by atoms with van der Waals surface area (Å²) in [6, 6.07) is 5.40. The van der Waals surface area contributed by atoms with E-state index >= 15 is 0 Å². The summed E-state index contributed by atoms with van der Waals surface area (Å²) in [6.45, 7) is 2.06. The van der Waals surface area contributed by atoms with Crippen molar-refractivity contribution in [3.8, 4) is 0 Å². The lowest BCUT2D eigenvalue weighted by Gasteiger charge is -2.61. The number of halogens is 2. The molecular formula is C21H26Cl2N2O2. The van der Waals surface area contributed by atoms with Gasteiger partial charge in [0.25, 0.3) is 0 Å². The maximum absolute atomic E-state index is 13.6. The molecule has 4 aliphatic rings. The zero-order valence-corrected chi connectivity index (χ0v) is 17.4. The first-order chi connectivity index (χ1) is 12.7. The van der Waals surface area contributed by atoms with Crippen LogP contribution < -0.4 is 5.32 Å². The van der Waals surface area contributed by atoms with Crippen molar-refractivity contribution in [1.82, 2.24) is 10.2 Å². The molecule has 0 aromatic heterocycles. The Morgan fingerprint density at radius 1 is 1.19 bits per heavy atom. The highest BCUT2D eigenvalue weighted by Crippen LogP contribution is 2.62. The zero-order valence-electron chi connectivity index (χ0n) is 15.9. The Kier molecular flexibility index (Phi) is 4.71. The molecule has 5 rings (SSSR count). The van der Waals surface area contributed by atoms with E-state index in [0.29, 0.717) is 28.4 Å². The third-order valence-electron chi connectivity index (χ3n) is 6.73. The van der Waals surface area contributed by atoms with Crippen molar-refractivity contribution in [3.05, 3.63) is 33.8 Å². The van der Waals surface area contributed by atoms with Crippen molar-refractivity contribution in [2.45, 2.75) is 57.5 Å². The van der Waals surface area contributed by atoms with Gasteiger partial charge >= 0.3 is 0 Å². The molecule has 0 saturated heterocycles. The SMILES string of the molecule is CC(=O)NC12C[C@@H]3C[C@@H](C1)CC(C(=O)N(C)Cc1ccc(Cl)cc1Cl)(C3)C2. The largest absolute Gasteiger partial charge is 0.351 e. The molecule has 2 amide bonds. The van der Waals surface area contributed by atoms with Gasteiger partial charge in [-0.2, -0.15) is 0 Å². The fourth-order valence-corrected chi connectivity index (χ4v) is 6.88. The Morgan fingerprint density at radius 2 is 1.85 bits per heavy atom. The van der Waals surface area contributed by atoms with Crippen LogP contribution >= 0.6 is 23.2 Å². The molecule has 4 bridgehead atoms. The van der Waals surface area contributed by atoms with Crippen LogP contribution in [0.5, 0.6) is 0 Å². The average molecular weight is 409 g/mol. The molecule has 4 nitrogen and oxygen atoms in total. The number of nitrogens with zero attached hydrogens (tertiary/aromatic N) is 1. The van der Waals surface area contributed by atoms with Crippen LogP contribution in [0.1, 0.15) is 51.0 Å². The maximum atomic E-state index is 13.6. The number of carbonyl (C=O) groups excluding carboxylic acids is 2.